The van der Waals surface area contributed by atoms with Crippen LogP contribution in [0, 0.1) is 19.8 Å². The van der Waals surface area contributed by atoms with E-state index >= 15 is 0 Å². The van der Waals surface area contributed by atoms with E-state index in [0.717, 1.165) is 37.4 Å². The number of benzene rings is 1. The summed E-state index contributed by atoms with van der Waals surface area (Å²) in [4.78, 5) is 2.53. The highest BCUT2D eigenvalue weighted by Gasteiger charge is 2.29. The fraction of sp³-hybridized carbons (Fsp3) is 0.526. The molecule has 26 heavy (non-hydrogen) atoms. The first-order chi connectivity index (χ1) is 12.4. The number of rotatable bonds is 6. The van der Waals surface area contributed by atoms with Gasteiger partial charge in [0.2, 0.25) is 10.0 Å². The largest absolute Gasteiger partial charge is 0.360 e. The third-order valence-corrected chi connectivity index (χ3v) is 6.81. The topological polar surface area (TPSA) is 75.4 Å². The second kappa shape index (κ2) is 7.90. The smallest absolute Gasteiger partial charge is 0.246 e. The summed E-state index contributed by atoms with van der Waals surface area (Å²) in [5, 5.41) is 3.76. The van der Waals surface area contributed by atoms with Gasteiger partial charge in [0.1, 0.15) is 10.6 Å². The number of sulfonamides is 1. The molecule has 6 nitrogen and oxygen atoms in total. The Morgan fingerprint density at radius 2 is 1.88 bits per heavy atom. The Labute approximate surface area is 155 Å². The normalized spacial score (nSPS) is 18.1. The standard InChI is InChI=1S/C19H27N3O3S/c1-14-9-11-22(12-10-14)18(17-7-5-4-6-8-17)13-20-26(23,24)19-15(2)21-25-16(19)3/h4-8,14,18,20H,9-13H2,1-3H3. The highest BCUT2D eigenvalue weighted by atomic mass is 32.2. The Morgan fingerprint density at radius 3 is 2.46 bits per heavy atom. The van der Waals surface area contributed by atoms with Crippen LogP contribution >= 0.6 is 0 Å². The molecule has 1 unspecified atom stereocenters. The summed E-state index contributed by atoms with van der Waals surface area (Å²) in [6.45, 7) is 7.82. The van der Waals surface area contributed by atoms with E-state index in [-0.39, 0.29) is 10.9 Å². The van der Waals surface area contributed by atoms with Crippen molar-refractivity contribution in [1.29, 1.82) is 0 Å². The number of nitrogens with one attached hydrogen (secondary N) is 1. The zero-order valence-corrected chi connectivity index (χ0v) is 16.4. The molecule has 3 rings (SSSR count). The first-order valence-corrected chi connectivity index (χ1v) is 10.6. The molecule has 0 saturated carbocycles. The van der Waals surface area contributed by atoms with Gasteiger partial charge in [-0.1, -0.05) is 42.4 Å². The molecule has 0 radical (unpaired) electrons. The molecule has 0 aliphatic carbocycles. The second-order valence-corrected chi connectivity index (χ2v) is 8.85. The van der Waals surface area contributed by atoms with Crippen LogP contribution in [0.5, 0.6) is 0 Å². The first-order valence-electron chi connectivity index (χ1n) is 9.10. The van der Waals surface area contributed by atoms with Crippen molar-refractivity contribution < 1.29 is 12.9 Å². The van der Waals surface area contributed by atoms with Gasteiger partial charge >= 0.3 is 0 Å². The van der Waals surface area contributed by atoms with Crippen LogP contribution in [0.4, 0.5) is 0 Å². The Morgan fingerprint density at radius 1 is 1.23 bits per heavy atom. The minimum atomic E-state index is -3.66. The number of aromatic nitrogens is 1. The Bertz CT molecular complexity index is 805. The molecule has 1 aromatic carbocycles. The van der Waals surface area contributed by atoms with Crippen molar-refractivity contribution in [3.63, 3.8) is 0 Å². The van der Waals surface area contributed by atoms with Gasteiger partial charge in [-0.25, -0.2) is 13.1 Å². The molecule has 1 aliphatic rings. The molecule has 1 N–H and O–H groups in total. The monoisotopic (exact) mass is 377 g/mol. The zero-order valence-electron chi connectivity index (χ0n) is 15.6. The maximum absolute atomic E-state index is 12.8. The minimum absolute atomic E-state index is 0.0129. The molecule has 2 heterocycles. The Hall–Kier alpha value is -1.70. The lowest BCUT2D eigenvalue weighted by atomic mass is 9.96. The molecule has 1 atom stereocenters. The molecular weight excluding hydrogens is 350 g/mol. The van der Waals surface area contributed by atoms with Gasteiger partial charge in [-0.3, -0.25) is 4.90 Å². The number of aryl methyl sites for hydroxylation is 2. The van der Waals surface area contributed by atoms with Crippen molar-refractivity contribution in [1.82, 2.24) is 14.8 Å². The molecule has 142 valence electrons. The number of hydrogen-bond acceptors (Lipinski definition) is 5. The zero-order chi connectivity index (χ0) is 18.7. The second-order valence-electron chi connectivity index (χ2n) is 7.15. The Balaban J connectivity index is 1.80. The molecule has 0 amide bonds. The summed E-state index contributed by atoms with van der Waals surface area (Å²) in [5.41, 5.74) is 1.52. The molecular formula is C19H27N3O3S. The van der Waals surface area contributed by atoms with E-state index in [1.807, 2.05) is 18.2 Å². The predicted octanol–water partition coefficient (Wildman–Crippen LogP) is 3.04. The van der Waals surface area contributed by atoms with Crippen LogP contribution in [0.3, 0.4) is 0 Å². The van der Waals surface area contributed by atoms with Crippen LogP contribution in [0.2, 0.25) is 0 Å². The molecule has 7 heteroatoms. The van der Waals surface area contributed by atoms with E-state index in [0.29, 0.717) is 18.0 Å². The summed E-state index contributed by atoms with van der Waals surface area (Å²) in [5.74, 6) is 1.04. The fourth-order valence-electron chi connectivity index (χ4n) is 3.59. The lowest BCUT2D eigenvalue weighted by Gasteiger charge is -2.37. The minimum Gasteiger partial charge on any atom is -0.360 e. The third-order valence-electron chi connectivity index (χ3n) is 5.15. The SMILES string of the molecule is Cc1noc(C)c1S(=O)(=O)NCC(c1ccccc1)N1CCC(C)CC1. The number of piperidine rings is 1. The molecule has 2 aromatic rings. The quantitative estimate of drug-likeness (QED) is 0.837. The van der Waals surface area contributed by atoms with Crippen molar-refractivity contribution >= 4 is 10.0 Å². The molecule has 1 aliphatic heterocycles. The predicted molar refractivity (Wildman–Crippen MR) is 100 cm³/mol. The van der Waals surface area contributed by atoms with Crippen molar-refractivity contribution in [3.05, 3.63) is 47.3 Å². The number of likely N-dealkylation sites (tertiary alicyclic amines) is 1. The van der Waals surface area contributed by atoms with E-state index in [9.17, 15) is 8.42 Å². The van der Waals surface area contributed by atoms with Crippen molar-refractivity contribution in [3.8, 4) is 0 Å². The molecule has 1 fully saturated rings. The maximum Gasteiger partial charge on any atom is 0.246 e. The first kappa shape index (κ1) is 19.1. The van der Waals surface area contributed by atoms with E-state index in [1.54, 1.807) is 13.8 Å². The summed E-state index contributed by atoms with van der Waals surface area (Å²) in [6, 6.07) is 10.1. The van der Waals surface area contributed by atoms with Gasteiger partial charge in [-0.15, -0.1) is 0 Å². The van der Waals surface area contributed by atoms with E-state index < -0.39 is 10.0 Å². The fourth-order valence-corrected chi connectivity index (χ4v) is 4.96. The molecule has 0 spiro atoms. The van der Waals surface area contributed by atoms with Gasteiger partial charge in [0.05, 0.1) is 0 Å². The Kier molecular flexibility index (Phi) is 5.79. The van der Waals surface area contributed by atoms with Crippen molar-refractivity contribution in [2.75, 3.05) is 19.6 Å². The van der Waals surface area contributed by atoms with Crippen LogP contribution < -0.4 is 4.72 Å². The van der Waals surface area contributed by atoms with Gasteiger partial charge in [0.25, 0.3) is 0 Å². The van der Waals surface area contributed by atoms with Gasteiger partial charge in [-0.2, -0.15) is 0 Å². The van der Waals surface area contributed by atoms with Crippen LogP contribution in [-0.2, 0) is 10.0 Å². The van der Waals surface area contributed by atoms with E-state index in [2.05, 4.69) is 33.8 Å². The lowest BCUT2D eigenvalue weighted by Crippen LogP contribution is -2.42. The molecule has 0 bridgehead atoms. The third kappa shape index (κ3) is 4.16. The van der Waals surface area contributed by atoms with E-state index in [4.69, 9.17) is 4.52 Å². The van der Waals surface area contributed by atoms with Crippen LogP contribution in [-0.4, -0.2) is 38.1 Å². The van der Waals surface area contributed by atoms with Gasteiger partial charge in [0.15, 0.2) is 5.76 Å². The summed E-state index contributed by atoms with van der Waals surface area (Å²) >= 11 is 0. The number of hydrogen-bond donors (Lipinski definition) is 1. The molecule has 1 saturated heterocycles. The van der Waals surface area contributed by atoms with E-state index in [1.165, 1.54) is 0 Å². The van der Waals surface area contributed by atoms with Gasteiger partial charge in [0, 0.05) is 12.6 Å². The average Bonchev–Trinajstić information content (AvgIpc) is 2.97. The maximum atomic E-state index is 12.8. The highest BCUT2D eigenvalue weighted by Crippen LogP contribution is 2.27. The summed E-state index contributed by atoms with van der Waals surface area (Å²) < 4.78 is 33.4. The van der Waals surface area contributed by atoms with Crippen LogP contribution in [0.15, 0.2) is 39.8 Å². The summed E-state index contributed by atoms with van der Waals surface area (Å²) in [6.07, 6.45) is 2.28. The summed E-state index contributed by atoms with van der Waals surface area (Å²) in [7, 11) is -3.66. The number of nitrogens with zero attached hydrogens (tertiary/aromatic N) is 2. The van der Waals surface area contributed by atoms with Crippen LogP contribution in [0.25, 0.3) is 0 Å². The van der Waals surface area contributed by atoms with Crippen LogP contribution in [0.1, 0.15) is 42.8 Å². The molecule has 1 aromatic heterocycles. The average molecular weight is 378 g/mol. The lowest BCUT2D eigenvalue weighted by molar-refractivity contribution is 0.139. The van der Waals surface area contributed by atoms with Gasteiger partial charge in [-0.05, 0) is 51.3 Å². The van der Waals surface area contributed by atoms with Crippen molar-refractivity contribution in [2.24, 2.45) is 5.92 Å². The van der Waals surface area contributed by atoms with Crippen molar-refractivity contribution in [2.45, 2.75) is 44.6 Å². The van der Waals surface area contributed by atoms with Gasteiger partial charge < -0.3 is 4.52 Å². The highest BCUT2D eigenvalue weighted by molar-refractivity contribution is 7.89.